The molecule has 0 radical (unpaired) electrons. The van der Waals surface area contributed by atoms with Crippen molar-refractivity contribution >= 4 is 18.1 Å². The van der Waals surface area contributed by atoms with Crippen LogP contribution in [0.2, 0.25) is 0 Å². The number of nitro benzene ring substituents is 1. The molecular formula is C15H24ClN3O3. The van der Waals surface area contributed by atoms with Gasteiger partial charge in [-0.1, -0.05) is 32.0 Å². The maximum atomic E-state index is 11.3. The van der Waals surface area contributed by atoms with Gasteiger partial charge in [-0.25, -0.2) is 0 Å². The number of piperazine rings is 1. The Bertz CT molecular complexity index is 505. The minimum absolute atomic E-state index is 0. The molecule has 2 N–H and O–H groups in total. The smallest absolute Gasteiger partial charge is 0.274 e. The summed E-state index contributed by atoms with van der Waals surface area (Å²) in [6, 6.07) is 6.68. The Labute approximate surface area is 137 Å². The second-order valence-corrected chi connectivity index (χ2v) is 6.15. The summed E-state index contributed by atoms with van der Waals surface area (Å²) in [5.74, 6) is 0. The third-order valence-corrected chi connectivity index (χ3v) is 4.09. The van der Waals surface area contributed by atoms with E-state index in [-0.39, 0.29) is 35.7 Å². The van der Waals surface area contributed by atoms with E-state index in [2.05, 4.69) is 10.2 Å². The number of aliphatic hydroxyl groups excluding tert-OH is 1. The molecule has 22 heavy (non-hydrogen) atoms. The molecule has 0 bridgehead atoms. The zero-order valence-corrected chi connectivity index (χ0v) is 13.8. The van der Waals surface area contributed by atoms with E-state index in [0.717, 1.165) is 26.2 Å². The minimum atomic E-state index is -0.455. The standard InChI is InChI=1S/C15H23N3O3.ClH/c1-15(2,11-19)14(17-9-7-16-8-10-17)12-5-3-4-6-13(12)18(20)21;/h3-6,14,16,19H,7-11H2,1-2H3;1H/t14-;/m1./s1. The lowest BCUT2D eigenvalue weighted by molar-refractivity contribution is -0.386. The van der Waals surface area contributed by atoms with E-state index in [1.54, 1.807) is 6.07 Å². The van der Waals surface area contributed by atoms with Crippen LogP contribution in [0.15, 0.2) is 24.3 Å². The van der Waals surface area contributed by atoms with Crippen LogP contribution in [0.5, 0.6) is 0 Å². The maximum absolute atomic E-state index is 11.3. The van der Waals surface area contributed by atoms with Gasteiger partial charge in [0.15, 0.2) is 0 Å². The highest BCUT2D eigenvalue weighted by atomic mass is 35.5. The molecule has 1 aliphatic heterocycles. The highest BCUT2D eigenvalue weighted by molar-refractivity contribution is 5.85. The zero-order chi connectivity index (χ0) is 15.5. The molecule has 124 valence electrons. The quantitative estimate of drug-likeness (QED) is 0.638. The largest absolute Gasteiger partial charge is 0.396 e. The molecule has 7 heteroatoms. The van der Waals surface area contributed by atoms with E-state index >= 15 is 0 Å². The van der Waals surface area contributed by atoms with Gasteiger partial charge in [-0.05, 0) is 0 Å². The van der Waals surface area contributed by atoms with Gasteiger partial charge in [-0.3, -0.25) is 15.0 Å². The van der Waals surface area contributed by atoms with E-state index in [4.69, 9.17) is 0 Å². The molecule has 1 aromatic carbocycles. The van der Waals surface area contributed by atoms with E-state index in [0.29, 0.717) is 5.56 Å². The average molecular weight is 330 g/mol. The summed E-state index contributed by atoms with van der Waals surface area (Å²) in [6.45, 7) is 7.25. The van der Waals surface area contributed by atoms with Gasteiger partial charge in [-0.15, -0.1) is 12.4 Å². The molecule has 1 heterocycles. The molecule has 0 aromatic heterocycles. The molecule has 0 aliphatic carbocycles. The lowest BCUT2D eigenvalue weighted by Crippen LogP contribution is -2.49. The summed E-state index contributed by atoms with van der Waals surface area (Å²) in [5.41, 5.74) is 0.356. The zero-order valence-electron chi connectivity index (χ0n) is 13.0. The number of para-hydroxylation sites is 1. The first kappa shape index (κ1) is 18.8. The number of benzene rings is 1. The Balaban J connectivity index is 0.00000242. The van der Waals surface area contributed by atoms with Crippen molar-refractivity contribution in [1.29, 1.82) is 0 Å². The average Bonchev–Trinajstić information content (AvgIpc) is 2.48. The normalized spacial score (nSPS) is 17.6. The number of nitro groups is 1. The lowest BCUT2D eigenvalue weighted by atomic mass is 9.79. The molecule has 6 nitrogen and oxygen atoms in total. The monoisotopic (exact) mass is 329 g/mol. The van der Waals surface area contributed by atoms with E-state index in [9.17, 15) is 15.2 Å². The van der Waals surface area contributed by atoms with Gasteiger partial charge in [0.1, 0.15) is 0 Å². The molecule has 1 saturated heterocycles. The number of hydrogen-bond acceptors (Lipinski definition) is 5. The first-order chi connectivity index (χ1) is 9.97. The fraction of sp³-hybridized carbons (Fsp3) is 0.600. The van der Waals surface area contributed by atoms with E-state index in [1.165, 1.54) is 6.07 Å². The van der Waals surface area contributed by atoms with E-state index < -0.39 is 5.41 Å². The summed E-state index contributed by atoms with van der Waals surface area (Å²) in [6.07, 6.45) is 0. The van der Waals surface area contributed by atoms with Crippen LogP contribution in [0.1, 0.15) is 25.5 Å². The molecule has 1 atom stereocenters. The third-order valence-electron chi connectivity index (χ3n) is 4.09. The molecule has 0 unspecified atom stereocenters. The van der Waals surface area contributed by atoms with Gasteiger partial charge in [0.05, 0.1) is 4.92 Å². The first-order valence-electron chi connectivity index (χ1n) is 7.26. The number of nitrogens with zero attached hydrogens (tertiary/aromatic N) is 2. The highest BCUT2D eigenvalue weighted by Crippen LogP contribution is 2.41. The van der Waals surface area contributed by atoms with Crippen molar-refractivity contribution in [3.05, 3.63) is 39.9 Å². The third kappa shape index (κ3) is 3.95. The van der Waals surface area contributed by atoms with Gasteiger partial charge < -0.3 is 10.4 Å². The molecule has 0 amide bonds. The number of halogens is 1. The predicted molar refractivity (Wildman–Crippen MR) is 88.4 cm³/mol. The topological polar surface area (TPSA) is 78.6 Å². The molecule has 1 fully saturated rings. The number of nitrogens with one attached hydrogen (secondary N) is 1. The summed E-state index contributed by atoms with van der Waals surface area (Å²) in [5, 5.41) is 24.4. The predicted octanol–water partition coefficient (Wildman–Crippen LogP) is 1.98. The van der Waals surface area contributed by atoms with Crippen molar-refractivity contribution in [2.45, 2.75) is 19.9 Å². The second-order valence-electron chi connectivity index (χ2n) is 6.15. The SMILES string of the molecule is CC(C)(CO)[C@@H](c1ccccc1[N+](=O)[O-])N1CCNCC1.Cl. The van der Waals surface area contributed by atoms with Crippen LogP contribution in [-0.4, -0.2) is 47.7 Å². The van der Waals surface area contributed by atoms with Crippen molar-refractivity contribution in [3.63, 3.8) is 0 Å². The first-order valence-corrected chi connectivity index (χ1v) is 7.26. The summed E-state index contributed by atoms with van der Waals surface area (Å²) in [4.78, 5) is 13.2. The van der Waals surface area contributed by atoms with Crippen LogP contribution in [0, 0.1) is 15.5 Å². The van der Waals surface area contributed by atoms with Crippen LogP contribution < -0.4 is 5.32 Å². The number of hydrogen-bond donors (Lipinski definition) is 2. The number of rotatable bonds is 5. The molecule has 0 saturated carbocycles. The van der Waals surface area contributed by atoms with Crippen molar-refractivity contribution in [3.8, 4) is 0 Å². The van der Waals surface area contributed by atoms with Crippen molar-refractivity contribution < 1.29 is 10.0 Å². The molecular weight excluding hydrogens is 306 g/mol. The van der Waals surface area contributed by atoms with Gasteiger partial charge in [-0.2, -0.15) is 0 Å². The fourth-order valence-electron chi connectivity index (χ4n) is 3.02. The van der Waals surface area contributed by atoms with Crippen LogP contribution in [0.4, 0.5) is 5.69 Å². The Kier molecular flexibility index (Phi) is 6.74. The van der Waals surface area contributed by atoms with Crippen LogP contribution in [0.3, 0.4) is 0 Å². The summed E-state index contributed by atoms with van der Waals surface area (Å²) >= 11 is 0. The Hall–Kier alpha value is -1.21. The van der Waals surface area contributed by atoms with Crippen LogP contribution in [-0.2, 0) is 0 Å². The maximum Gasteiger partial charge on any atom is 0.274 e. The van der Waals surface area contributed by atoms with Gasteiger partial charge in [0, 0.05) is 55.9 Å². The minimum Gasteiger partial charge on any atom is -0.396 e. The molecule has 0 spiro atoms. The fourth-order valence-corrected chi connectivity index (χ4v) is 3.02. The van der Waals surface area contributed by atoms with Gasteiger partial charge >= 0.3 is 0 Å². The van der Waals surface area contributed by atoms with Crippen molar-refractivity contribution in [2.24, 2.45) is 5.41 Å². The molecule has 1 aromatic rings. The highest BCUT2D eigenvalue weighted by Gasteiger charge is 2.38. The molecule has 1 aliphatic rings. The second kappa shape index (κ2) is 7.87. The van der Waals surface area contributed by atoms with Crippen LogP contribution >= 0.6 is 12.4 Å². The summed E-state index contributed by atoms with van der Waals surface area (Å²) in [7, 11) is 0. The van der Waals surface area contributed by atoms with Crippen molar-refractivity contribution in [1.82, 2.24) is 10.2 Å². The van der Waals surface area contributed by atoms with Gasteiger partial charge in [0.2, 0.25) is 0 Å². The Morgan fingerprint density at radius 2 is 1.95 bits per heavy atom. The van der Waals surface area contributed by atoms with Crippen molar-refractivity contribution in [2.75, 3.05) is 32.8 Å². The molecule has 2 rings (SSSR count). The van der Waals surface area contributed by atoms with Crippen LogP contribution in [0.25, 0.3) is 0 Å². The van der Waals surface area contributed by atoms with E-state index in [1.807, 2.05) is 26.0 Å². The Morgan fingerprint density at radius 1 is 1.36 bits per heavy atom. The summed E-state index contributed by atoms with van der Waals surface area (Å²) < 4.78 is 0. The Morgan fingerprint density at radius 3 is 2.50 bits per heavy atom. The lowest BCUT2D eigenvalue weighted by Gasteiger charge is -2.43. The number of aliphatic hydroxyl groups is 1. The van der Waals surface area contributed by atoms with Gasteiger partial charge in [0.25, 0.3) is 5.69 Å².